The van der Waals surface area contributed by atoms with E-state index in [-0.39, 0.29) is 19.0 Å². The number of rotatable bonds is 1. The highest BCUT2D eigenvalue weighted by Gasteiger charge is 2.34. The first-order chi connectivity index (χ1) is 8.66. The summed E-state index contributed by atoms with van der Waals surface area (Å²) in [6.45, 7) is 0.280. The molecule has 0 spiro atoms. The number of H-pyrrole nitrogens is 1. The molecule has 1 saturated heterocycles. The summed E-state index contributed by atoms with van der Waals surface area (Å²) in [5.41, 5.74) is 1.12. The van der Waals surface area contributed by atoms with Gasteiger partial charge in [-0.3, -0.25) is 9.89 Å². The predicted octanol–water partition coefficient (Wildman–Crippen LogP) is -0.259. The molecule has 3 N–H and O–H groups in total. The van der Waals surface area contributed by atoms with Crippen molar-refractivity contribution in [2.24, 2.45) is 0 Å². The standard InChI is InChI=1S/C12H13N3O3/c16-9-5-15(6-10(9)17)12(18)11-7-3-1-2-4-8(7)13-14-11/h1-4,9-10,16-17H,5-6H2,(H,13,14). The summed E-state index contributed by atoms with van der Waals surface area (Å²) in [6, 6.07) is 7.35. The fourth-order valence-corrected chi connectivity index (χ4v) is 2.21. The molecule has 0 aliphatic carbocycles. The van der Waals surface area contributed by atoms with Crippen LogP contribution in [0.25, 0.3) is 10.9 Å². The maximum Gasteiger partial charge on any atom is 0.275 e. The highest BCUT2D eigenvalue weighted by atomic mass is 16.3. The van der Waals surface area contributed by atoms with Gasteiger partial charge in [0.05, 0.1) is 17.7 Å². The molecule has 2 atom stereocenters. The van der Waals surface area contributed by atoms with E-state index < -0.39 is 12.2 Å². The van der Waals surface area contributed by atoms with Crippen molar-refractivity contribution >= 4 is 16.8 Å². The largest absolute Gasteiger partial charge is 0.388 e. The highest BCUT2D eigenvalue weighted by molar-refractivity contribution is 6.04. The number of benzene rings is 1. The fraction of sp³-hybridized carbons (Fsp3) is 0.333. The number of hydrogen-bond acceptors (Lipinski definition) is 4. The van der Waals surface area contributed by atoms with Crippen LogP contribution in [-0.2, 0) is 0 Å². The monoisotopic (exact) mass is 247 g/mol. The van der Waals surface area contributed by atoms with E-state index in [2.05, 4.69) is 10.2 Å². The zero-order valence-corrected chi connectivity index (χ0v) is 9.58. The molecule has 2 aromatic rings. The second-order valence-corrected chi connectivity index (χ2v) is 4.46. The lowest BCUT2D eigenvalue weighted by Crippen LogP contribution is -2.30. The number of nitrogens with one attached hydrogen (secondary N) is 1. The Bertz CT molecular complexity index is 585. The van der Waals surface area contributed by atoms with Crippen LogP contribution in [0.3, 0.4) is 0 Å². The molecule has 0 saturated carbocycles. The number of aliphatic hydroxyl groups excluding tert-OH is 2. The first kappa shape index (κ1) is 11.2. The molecule has 0 radical (unpaired) electrons. The minimum absolute atomic E-state index is 0.140. The molecule has 1 fully saturated rings. The van der Waals surface area contributed by atoms with Gasteiger partial charge in [0, 0.05) is 18.5 Å². The van der Waals surface area contributed by atoms with Gasteiger partial charge in [-0.1, -0.05) is 18.2 Å². The van der Waals surface area contributed by atoms with Crippen molar-refractivity contribution in [3.63, 3.8) is 0 Å². The van der Waals surface area contributed by atoms with Crippen molar-refractivity contribution in [2.45, 2.75) is 12.2 Å². The van der Waals surface area contributed by atoms with Crippen LogP contribution in [0.15, 0.2) is 24.3 Å². The molecule has 1 aliphatic rings. The molecule has 6 nitrogen and oxygen atoms in total. The number of aliphatic hydroxyl groups is 2. The van der Waals surface area contributed by atoms with E-state index in [1.165, 1.54) is 4.90 Å². The summed E-state index contributed by atoms with van der Waals surface area (Å²) < 4.78 is 0. The Kier molecular flexibility index (Phi) is 2.53. The maximum absolute atomic E-state index is 12.2. The first-order valence-corrected chi connectivity index (χ1v) is 5.75. The number of hydrogen-bond donors (Lipinski definition) is 3. The molecular weight excluding hydrogens is 234 g/mol. The summed E-state index contributed by atoms with van der Waals surface area (Å²) in [4.78, 5) is 13.6. The third-order valence-electron chi connectivity index (χ3n) is 3.22. The number of amides is 1. The van der Waals surface area contributed by atoms with Crippen molar-refractivity contribution in [3.05, 3.63) is 30.0 Å². The molecule has 1 aromatic carbocycles. The van der Waals surface area contributed by atoms with Gasteiger partial charge >= 0.3 is 0 Å². The molecule has 2 unspecified atom stereocenters. The molecule has 3 rings (SSSR count). The molecule has 2 heterocycles. The third-order valence-corrected chi connectivity index (χ3v) is 3.22. The smallest absolute Gasteiger partial charge is 0.275 e. The number of aromatic amines is 1. The predicted molar refractivity (Wildman–Crippen MR) is 64.0 cm³/mol. The molecular formula is C12H13N3O3. The molecule has 6 heteroatoms. The van der Waals surface area contributed by atoms with E-state index in [1.54, 1.807) is 0 Å². The number of para-hydroxylation sites is 1. The number of β-amino-alcohol motifs (C(OH)–C–C–N with tert-alkyl or cyclic N) is 2. The SMILES string of the molecule is O=C(c1n[nH]c2ccccc12)N1CC(O)C(O)C1. The Morgan fingerprint density at radius 2 is 1.94 bits per heavy atom. The molecule has 18 heavy (non-hydrogen) atoms. The average molecular weight is 247 g/mol. The van der Waals surface area contributed by atoms with Crippen LogP contribution in [0.4, 0.5) is 0 Å². The summed E-state index contributed by atoms with van der Waals surface area (Å²) in [5, 5.41) is 26.5. The van der Waals surface area contributed by atoms with E-state index in [1.807, 2.05) is 24.3 Å². The van der Waals surface area contributed by atoms with Gasteiger partial charge in [-0.25, -0.2) is 0 Å². The number of likely N-dealkylation sites (tertiary alicyclic amines) is 1. The zero-order valence-electron chi connectivity index (χ0n) is 9.58. The molecule has 0 bridgehead atoms. The first-order valence-electron chi connectivity index (χ1n) is 5.75. The van der Waals surface area contributed by atoms with Crippen LogP contribution in [0.1, 0.15) is 10.5 Å². The van der Waals surface area contributed by atoms with Crippen molar-refractivity contribution in [2.75, 3.05) is 13.1 Å². The van der Waals surface area contributed by atoms with Crippen LogP contribution in [0, 0.1) is 0 Å². The van der Waals surface area contributed by atoms with Crippen molar-refractivity contribution in [1.82, 2.24) is 15.1 Å². The molecule has 94 valence electrons. The van der Waals surface area contributed by atoms with Gasteiger partial charge in [0.2, 0.25) is 0 Å². The fourth-order valence-electron chi connectivity index (χ4n) is 2.21. The van der Waals surface area contributed by atoms with E-state index >= 15 is 0 Å². The lowest BCUT2D eigenvalue weighted by molar-refractivity contribution is 0.0572. The van der Waals surface area contributed by atoms with Crippen LogP contribution in [0.5, 0.6) is 0 Å². The van der Waals surface area contributed by atoms with Gasteiger partial charge in [-0.15, -0.1) is 0 Å². The van der Waals surface area contributed by atoms with Crippen molar-refractivity contribution in [3.8, 4) is 0 Å². The minimum atomic E-state index is -0.876. The normalized spacial score (nSPS) is 23.8. The number of fused-ring (bicyclic) bond motifs is 1. The summed E-state index contributed by atoms with van der Waals surface area (Å²) in [7, 11) is 0. The van der Waals surface area contributed by atoms with Crippen molar-refractivity contribution < 1.29 is 15.0 Å². The summed E-state index contributed by atoms with van der Waals surface area (Å²) in [6.07, 6.45) is -1.75. The van der Waals surface area contributed by atoms with Crippen LogP contribution < -0.4 is 0 Å². The lowest BCUT2D eigenvalue weighted by Gasteiger charge is -2.13. The Balaban J connectivity index is 1.93. The van der Waals surface area contributed by atoms with Gasteiger partial charge in [0.1, 0.15) is 0 Å². The Labute approximate surface area is 103 Å². The van der Waals surface area contributed by atoms with Gasteiger partial charge in [0.15, 0.2) is 5.69 Å². The Morgan fingerprint density at radius 1 is 1.28 bits per heavy atom. The van der Waals surface area contributed by atoms with Crippen molar-refractivity contribution in [1.29, 1.82) is 0 Å². The zero-order chi connectivity index (χ0) is 12.7. The number of nitrogens with zero attached hydrogens (tertiary/aromatic N) is 2. The van der Waals surface area contributed by atoms with Gasteiger partial charge < -0.3 is 15.1 Å². The van der Waals surface area contributed by atoms with Crippen LogP contribution >= 0.6 is 0 Å². The van der Waals surface area contributed by atoms with Gasteiger partial charge in [0.25, 0.3) is 5.91 Å². The Morgan fingerprint density at radius 3 is 2.67 bits per heavy atom. The lowest BCUT2D eigenvalue weighted by atomic mass is 10.2. The minimum Gasteiger partial charge on any atom is -0.388 e. The third kappa shape index (κ3) is 1.66. The van der Waals surface area contributed by atoms with Crippen LogP contribution in [0.2, 0.25) is 0 Å². The van der Waals surface area contributed by atoms with Gasteiger partial charge in [-0.05, 0) is 6.07 Å². The van der Waals surface area contributed by atoms with E-state index in [0.29, 0.717) is 5.69 Å². The average Bonchev–Trinajstić information content (AvgIpc) is 2.93. The summed E-state index contributed by atoms with van der Waals surface area (Å²) in [5.74, 6) is -0.275. The second-order valence-electron chi connectivity index (χ2n) is 4.46. The topological polar surface area (TPSA) is 89.5 Å². The van der Waals surface area contributed by atoms with Gasteiger partial charge in [-0.2, -0.15) is 5.10 Å². The van der Waals surface area contributed by atoms with Crippen LogP contribution in [-0.4, -0.2) is 56.5 Å². The quantitative estimate of drug-likeness (QED) is 0.647. The number of carbonyl (C=O) groups excluding carboxylic acids is 1. The Hall–Kier alpha value is -1.92. The molecule has 1 aliphatic heterocycles. The second kappa shape index (κ2) is 4.08. The van der Waals surface area contributed by atoms with E-state index in [4.69, 9.17) is 0 Å². The highest BCUT2D eigenvalue weighted by Crippen LogP contribution is 2.19. The number of carbonyl (C=O) groups is 1. The maximum atomic E-state index is 12.2. The molecule has 1 aromatic heterocycles. The number of aromatic nitrogens is 2. The van der Waals surface area contributed by atoms with E-state index in [9.17, 15) is 15.0 Å². The van der Waals surface area contributed by atoms with E-state index in [0.717, 1.165) is 10.9 Å². The summed E-state index contributed by atoms with van der Waals surface area (Å²) >= 11 is 0. The molecule has 1 amide bonds.